The van der Waals surface area contributed by atoms with Gasteiger partial charge in [0, 0.05) is 12.4 Å². The second-order valence-electron chi connectivity index (χ2n) is 3.38. The molecule has 0 saturated carbocycles. The van der Waals surface area contributed by atoms with Crippen LogP contribution in [0.5, 0.6) is 0 Å². The molecule has 0 aliphatic rings. The van der Waals surface area contributed by atoms with Gasteiger partial charge in [-0.3, -0.25) is 5.43 Å². The summed E-state index contributed by atoms with van der Waals surface area (Å²) in [5.74, 6) is 0. The van der Waals surface area contributed by atoms with E-state index in [0.717, 1.165) is 16.6 Å². The molecule has 0 spiro atoms. The number of fused-ring (bicyclic) bond motifs is 1. The lowest BCUT2D eigenvalue weighted by Crippen LogP contribution is -2.28. The van der Waals surface area contributed by atoms with E-state index in [4.69, 9.17) is 12.2 Å². The van der Waals surface area contributed by atoms with Crippen LogP contribution in [0.1, 0.15) is 5.69 Å². The van der Waals surface area contributed by atoms with Crippen LogP contribution in [-0.4, -0.2) is 23.4 Å². The quantitative estimate of drug-likeness (QED) is 0.479. The molecule has 1 heterocycles. The zero-order valence-electron chi connectivity index (χ0n) is 9.34. The van der Waals surface area contributed by atoms with Gasteiger partial charge in [0.2, 0.25) is 0 Å². The summed E-state index contributed by atoms with van der Waals surface area (Å²) in [5, 5.41) is 8.33. The molecule has 2 N–H and O–H groups in total. The number of rotatable bonds is 2. The first-order chi connectivity index (χ1) is 8.29. The van der Waals surface area contributed by atoms with E-state index in [-0.39, 0.29) is 0 Å². The second kappa shape index (κ2) is 5.36. The maximum Gasteiger partial charge on any atom is 0.186 e. The number of hydrogen-bond acceptors (Lipinski definition) is 3. The molecule has 0 atom stereocenters. The third-order valence-corrected chi connectivity index (χ3v) is 2.51. The highest BCUT2D eigenvalue weighted by atomic mass is 32.1. The molecule has 2 aromatic rings. The first-order valence-corrected chi connectivity index (χ1v) is 5.57. The van der Waals surface area contributed by atoms with Crippen molar-refractivity contribution >= 4 is 34.4 Å². The topological polar surface area (TPSA) is 49.3 Å². The van der Waals surface area contributed by atoms with Gasteiger partial charge >= 0.3 is 0 Å². The van der Waals surface area contributed by atoms with E-state index in [1.807, 2.05) is 36.4 Å². The SMILES string of the molecule is CNC(=S)N/N=C\c1ccc2ccccc2n1. The van der Waals surface area contributed by atoms with Crippen LogP contribution in [-0.2, 0) is 0 Å². The molecule has 1 aromatic heterocycles. The van der Waals surface area contributed by atoms with Crippen LogP contribution in [0.4, 0.5) is 0 Å². The van der Waals surface area contributed by atoms with Crippen LogP contribution in [0.25, 0.3) is 10.9 Å². The van der Waals surface area contributed by atoms with Crippen LogP contribution in [0.3, 0.4) is 0 Å². The molecule has 86 valence electrons. The van der Waals surface area contributed by atoms with E-state index in [0.29, 0.717) is 5.11 Å². The van der Waals surface area contributed by atoms with Gasteiger partial charge in [-0.2, -0.15) is 5.10 Å². The van der Waals surface area contributed by atoms with Gasteiger partial charge in [0.05, 0.1) is 17.4 Å². The predicted octanol–water partition coefficient (Wildman–Crippen LogP) is 1.66. The van der Waals surface area contributed by atoms with Crippen molar-refractivity contribution in [2.45, 2.75) is 0 Å². The lowest BCUT2D eigenvalue weighted by atomic mass is 10.2. The number of thiocarbonyl (C=S) groups is 1. The Kier molecular flexibility index (Phi) is 3.62. The number of aromatic nitrogens is 1. The highest BCUT2D eigenvalue weighted by molar-refractivity contribution is 7.80. The molecule has 0 aliphatic heterocycles. The summed E-state index contributed by atoms with van der Waals surface area (Å²) >= 11 is 4.89. The number of hydrazone groups is 1. The second-order valence-corrected chi connectivity index (χ2v) is 3.79. The summed E-state index contributed by atoms with van der Waals surface area (Å²) in [7, 11) is 1.74. The van der Waals surface area contributed by atoms with Crippen molar-refractivity contribution in [3.8, 4) is 0 Å². The normalized spacial score (nSPS) is 10.6. The zero-order valence-corrected chi connectivity index (χ0v) is 10.2. The maximum atomic E-state index is 4.89. The monoisotopic (exact) mass is 244 g/mol. The molecule has 0 bridgehead atoms. The van der Waals surface area contributed by atoms with E-state index < -0.39 is 0 Å². The Morgan fingerprint density at radius 1 is 1.29 bits per heavy atom. The van der Waals surface area contributed by atoms with Crippen LogP contribution >= 0.6 is 12.2 Å². The Bertz CT molecular complexity index is 565. The Morgan fingerprint density at radius 2 is 2.12 bits per heavy atom. The molecule has 0 radical (unpaired) electrons. The van der Waals surface area contributed by atoms with E-state index in [1.54, 1.807) is 13.3 Å². The van der Waals surface area contributed by atoms with Crippen molar-refractivity contribution in [1.29, 1.82) is 0 Å². The van der Waals surface area contributed by atoms with Crippen LogP contribution in [0.15, 0.2) is 41.5 Å². The highest BCUT2D eigenvalue weighted by Gasteiger charge is 1.94. The van der Waals surface area contributed by atoms with E-state index >= 15 is 0 Å². The number of para-hydroxylation sites is 1. The molecule has 17 heavy (non-hydrogen) atoms. The van der Waals surface area contributed by atoms with Gasteiger partial charge in [-0.1, -0.05) is 24.3 Å². The lowest BCUT2D eigenvalue weighted by Gasteiger charge is -2.00. The smallest absolute Gasteiger partial charge is 0.186 e. The fourth-order valence-corrected chi connectivity index (χ4v) is 1.42. The van der Waals surface area contributed by atoms with Crippen molar-refractivity contribution in [1.82, 2.24) is 15.7 Å². The largest absolute Gasteiger partial charge is 0.364 e. The number of benzene rings is 1. The number of nitrogens with one attached hydrogen (secondary N) is 2. The molecule has 0 saturated heterocycles. The Hall–Kier alpha value is -2.01. The number of hydrogen-bond donors (Lipinski definition) is 2. The fraction of sp³-hybridized carbons (Fsp3) is 0.0833. The molecular formula is C12H12N4S. The molecule has 1 aromatic carbocycles. The summed E-state index contributed by atoms with van der Waals surface area (Å²) in [5.41, 5.74) is 4.42. The molecule has 0 fully saturated rings. The van der Waals surface area contributed by atoms with Crippen molar-refractivity contribution in [2.75, 3.05) is 7.05 Å². The van der Waals surface area contributed by atoms with Crippen molar-refractivity contribution in [2.24, 2.45) is 5.10 Å². The predicted molar refractivity (Wildman–Crippen MR) is 74.1 cm³/mol. The van der Waals surface area contributed by atoms with Gasteiger partial charge in [0.1, 0.15) is 0 Å². The standard InChI is InChI=1S/C12H12N4S/c1-13-12(17)16-14-8-10-7-6-9-4-2-3-5-11(9)15-10/h2-8H,1H3,(H2,13,16,17)/b14-8-. The molecule has 0 unspecified atom stereocenters. The summed E-state index contributed by atoms with van der Waals surface area (Å²) in [6.45, 7) is 0. The molecule has 2 rings (SSSR count). The van der Waals surface area contributed by atoms with E-state index in [9.17, 15) is 0 Å². The molecule has 4 nitrogen and oxygen atoms in total. The van der Waals surface area contributed by atoms with Gasteiger partial charge in [-0.05, 0) is 24.4 Å². The summed E-state index contributed by atoms with van der Waals surface area (Å²) in [6.07, 6.45) is 1.64. The van der Waals surface area contributed by atoms with Crippen molar-refractivity contribution in [3.05, 3.63) is 42.1 Å². The third-order valence-electron chi connectivity index (χ3n) is 2.21. The Labute approximate surface area is 105 Å². The van der Waals surface area contributed by atoms with Crippen LogP contribution in [0.2, 0.25) is 0 Å². The van der Waals surface area contributed by atoms with Gasteiger partial charge in [-0.15, -0.1) is 0 Å². The van der Waals surface area contributed by atoms with E-state index in [2.05, 4.69) is 20.8 Å². The Balaban J connectivity index is 2.16. The van der Waals surface area contributed by atoms with Gasteiger partial charge in [0.15, 0.2) is 5.11 Å². The van der Waals surface area contributed by atoms with Crippen LogP contribution in [0, 0.1) is 0 Å². The number of pyridine rings is 1. The van der Waals surface area contributed by atoms with Gasteiger partial charge < -0.3 is 5.32 Å². The lowest BCUT2D eigenvalue weighted by molar-refractivity contribution is 0.981. The zero-order chi connectivity index (χ0) is 12.1. The molecular weight excluding hydrogens is 232 g/mol. The minimum Gasteiger partial charge on any atom is -0.364 e. The van der Waals surface area contributed by atoms with E-state index in [1.165, 1.54) is 0 Å². The van der Waals surface area contributed by atoms with Crippen LogP contribution < -0.4 is 10.7 Å². The molecule has 0 aliphatic carbocycles. The Morgan fingerprint density at radius 3 is 2.94 bits per heavy atom. The maximum absolute atomic E-state index is 4.89. The summed E-state index contributed by atoms with van der Waals surface area (Å²) < 4.78 is 0. The van der Waals surface area contributed by atoms with Crippen molar-refractivity contribution < 1.29 is 0 Å². The number of nitrogens with zero attached hydrogens (tertiary/aromatic N) is 2. The molecule has 5 heteroatoms. The fourth-order valence-electron chi connectivity index (χ4n) is 1.37. The van der Waals surface area contributed by atoms with Gasteiger partial charge in [-0.25, -0.2) is 4.98 Å². The first kappa shape index (κ1) is 11.5. The van der Waals surface area contributed by atoms with Crippen molar-refractivity contribution in [3.63, 3.8) is 0 Å². The highest BCUT2D eigenvalue weighted by Crippen LogP contribution is 2.10. The van der Waals surface area contributed by atoms with Gasteiger partial charge in [0.25, 0.3) is 0 Å². The summed E-state index contributed by atoms with van der Waals surface area (Å²) in [6, 6.07) is 11.9. The minimum absolute atomic E-state index is 0.474. The average molecular weight is 244 g/mol. The first-order valence-electron chi connectivity index (χ1n) is 5.16. The summed E-state index contributed by atoms with van der Waals surface area (Å²) in [4.78, 5) is 4.44. The minimum atomic E-state index is 0.474. The third kappa shape index (κ3) is 2.98. The average Bonchev–Trinajstić information content (AvgIpc) is 2.38. The molecule has 0 amide bonds.